The number of hydrogen-bond donors (Lipinski definition) is 2. The summed E-state index contributed by atoms with van der Waals surface area (Å²) in [6, 6.07) is 7.71. The summed E-state index contributed by atoms with van der Waals surface area (Å²) in [5, 5.41) is 2.97. The van der Waals surface area contributed by atoms with E-state index >= 15 is 0 Å². The van der Waals surface area contributed by atoms with Crippen molar-refractivity contribution in [1.29, 1.82) is 0 Å². The zero-order valence-corrected chi connectivity index (χ0v) is 14.1. The standard InChI is InChI=1S/C17H26N4O2/c1-12-13(2)21(10-9-20(12)3)17(23)19-8-7-14-5-4-6-15(11-14)16(18)22/h4-6,11-13H,7-10H2,1-3H3,(H2,18,22)(H,19,23). The van der Waals surface area contributed by atoms with Crippen LogP contribution in [0.2, 0.25) is 0 Å². The zero-order valence-electron chi connectivity index (χ0n) is 14.1. The first-order valence-corrected chi connectivity index (χ1v) is 8.03. The molecular formula is C17H26N4O2. The lowest BCUT2D eigenvalue weighted by atomic mass is 10.1. The third-order valence-corrected chi connectivity index (χ3v) is 4.74. The SMILES string of the molecule is CC1C(C)N(C(=O)NCCc2cccc(C(N)=O)c2)CCN1C. The minimum absolute atomic E-state index is 0.0245. The second-order valence-corrected chi connectivity index (χ2v) is 6.20. The lowest BCUT2D eigenvalue weighted by Gasteiger charge is -2.43. The van der Waals surface area contributed by atoms with Gasteiger partial charge in [-0.25, -0.2) is 4.79 Å². The Morgan fingerprint density at radius 3 is 2.70 bits per heavy atom. The summed E-state index contributed by atoms with van der Waals surface area (Å²) < 4.78 is 0. The van der Waals surface area contributed by atoms with Gasteiger partial charge in [0.1, 0.15) is 0 Å². The molecule has 3 N–H and O–H groups in total. The van der Waals surface area contributed by atoms with Gasteiger partial charge in [-0.1, -0.05) is 12.1 Å². The fourth-order valence-electron chi connectivity index (χ4n) is 2.88. The fourth-order valence-corrected chi connectivity index (χ4v) is 2.88. The molecule has 1 aromatic rings. The number of nitrogens with zero attached hydrogens (tertiary/aromatic N) is 2. The predicted octanol–water partition coefficient (Wildman–Crippen LogP) is 1.06. The van der Waals surface area contributed by atoms with Crippen molar-refractivity contribution >= 4 is 11.9 Å². The molecule has 3 amide bonds. The van der Waals surface area contributed by atoms with Crippen molar-refractivity contribution in [3.8, 4) is 0 Å². The number of carbonyl (C=O) groups is 2. The van der Waals surface area contributed by atoms with Crippen molar-refractivity contribution in [2.75, 3.05) is 26.7 Å². The van der Waals surface area contributed by atoms with Crippen LogP contribution in [0.1, 0.15) is 29.8 Å². The lowest BCUT2D eigenvalue weighted by Crippen LogP contribution is -2.59. The summed E-state index contributed by atoms with van der Waals surface area (Å²) in [7, 11) is 2.09. The molecule has 126 valence electrons. The predicted molar refractivity (Wildman–Crippen MR) is 90.3 cm³/mol. The molecule has 0 aromatic heterocycles. The number of hydrogen-bond acceptors (Lipinski definition) is 3. The van der Waals surface area contributed by atoms with E-state index in [1.165, 1.54) is 0 Å². The largest absolute Gasteiger partial charge is 0.366 e. The Morgan fingerprint density at radius 1 is 1.26 bits per heavy atom. The number of nitrogens with two attached hydrogens (primary N) is 1. The van der Waals surface area contributed by atoms with Crippen LogP contribution in [-0.2, 0) is 6.42 Å². The second kappa shape index (κ2) is 7.46. The Balaban J connectivity index is 1.85. The van der Waals surface area contributed by atoms with E-state index in [-0.39, 0.29) is 12.1 Å². The maximum atomic E-state index is 12.3. The third kappa shape index (κ3) is 4.22. The van der Waals surface area contributed by atoms with Gasteiger partial charge in [0.15, 0.2) is 0 Å². The summed E-state index contributed by atoms with van der Waals surface area (Å²) in [6.07, 6.45) is 0.671. The van der Waals surface area contributed by atoms with Crippen molar-refractivity contribution in [3.05, 3.63) is 35.4 Å². The van der Waals surface area contributed by atoms with Gasteiger partial charge in [-0.2, -0.15) is 0 Å². The van der Waals surface area contributed by atoms with Crippen molar-refractivity contribution in [3.63, 3.8) is 0 Å². The smallest absolute Gasteiger partial charge is 0.317 e. The summed E-state index contributed by atoms with van der Waals surface area (Å²) in [5.74, 6) is -0.434. The second-order valence-electron chi connectivity index (χ2n) is 6.20. The first kappa shape index (κ1) is 17.3. The Labute approximate surface area is 137 Å². The number of likely N-dealkylation sites (N-methyl/N-ethyl adjacent to an activating group) is 1. The van der Waals surface area contributed by atoms with Crippen molar-refractivity contribution < 1.29 is 9.59 Å². The Hall–Kier alpha value is -2.08. The highest BCUT2D eigenvalue weighted by Crippen LogP contribution is 2.15. The van der Waals surface area contributed by atoms with E-state index in [1.54, 1.807) is 12.1 Å². The number of benzene rings is 1. The number of rotatable bonds is 4. The molecule has 6 nitrogen and oxygen atoms in total. The number of urea groups is 1. The van der Waals surface area contributed by atoms with Gasteiger partial charge in [-0.3, -0.25) is 9.69 Å². The van der Waals surface area contributed by atoms with Crippen molar-refractivity contribution in [1.82, 2.24) is 15.1 Å². The van der Waals surface area contributed by atoms with Gasteiger partial charge in [-0.15, -0.1) is 0 Å². The van der Waals surface area contributed by atoms with Gasteiger partial charge in [0.25, 0.3) is 0 Å². The zero-order chi connectivity index (χ0) is 17.0. The summed E-state index contributed by atoms with van der Waals surface area (Å²) in [5.41, 5.74) is 6.76. The molecule has 1 fully saturated rings. The number of amides is 3. The lowest BCUT2D eigenvalue weighted by molar-refractivity contribution is 0.0742. The summed E-state index contributed by atoms with van der Waals surface area (Å²) in [6.45, 7) is 6.38. The molecule has 6 heteroatoms. The van der Waals surface area contributed by atoms with E-state index in [9.17, 15) is 9.59 Å². The van der Waals surface area contributed by atoms with E-state index in [1.807, 2.05) is 17.0 Å². The Bertz CT molecular complexity index is 575. The van der Waals surface area contributed by atoms with Crippen LogP contribution in [-0.4, -0.2) is 60.5 Å². The highest BCUT2D eigenvalue weighted by Gasteiger charge is 2.31. The topological polar surface area (TPSA) is 78.7 Å². The van der Waals surface area contributed by atoms with Crippen LogP contribution in [0.5, 0.6) is 0 Å². The minimum Gasteiger partial charge on any atom is -0.366 e. The average molecular weight is 318 g/mol. The molecule has 0 aliphatic carbocycles. The van der Waals surface area contributed by atoms with Crippen molar-refractivity contribution in [2.24, 2.45) is 5.73 Å². The molecule has 0 radical (unpaired) electrons. The van der Waals surface area contributed by atoms with E-state index < -0.39 is 5.91 Å². The molecule has 0 bridgehead atoms. The average Bonchev–Trinajstić information content (AvgIpc) is 2.53. The Kier molecular flexibility index (Phi) is 5.60. The number of primary amides is 1. The highest BCUT2D eigenvalue weighted by atomic mass is 16.2. The quantitative estimate of drug-likeness (QED) is 0.871. The molecule has 2 unspecified atom stereocenters. The maximum absolute atomic E-state index is 12.3. The minimum atomic E-state index is -0.434. The number of carbonyl (C=O) groups excluding carboxylic acids is 2. The van der Waals surface area contributed by atoms with E-state index in [0.29, 0.717) is 24.6 Å². The van der Waals surface area contributed by atoms with Crippen LogP contribution in [0.15, 0.2) is 24.3 Å². The van der Waals surface area contributed by atoms with Crippen LogP contribution >= 0.6 is 0 Å². The first-order chi connectivity index (χ1) is 10.9. The molecule has 23 heavy (non-hydrogen) atoms. The molecule has 2 rings (SSSR count). The maximum Gasteiger partial charge on any atom is 0.317 e. The van der Waals surface area contributed by atoms with E-state index in [4.69, 9.17) is 5.73 Å². The summed E-state index contributed by atoms with van der Waals surface area (Å²) in [4.78, 5) is 27.7. The third-order valence-electron chi connectivity index (χ3n) is 4.74. The first-order valence-electron chi connectivity index (χ1n) is 8.03. The van der Waals surface area contributed by atoms with E-state index in [0.717, 1.165) is 18.7 Å². The summed E-state index contributed by atoms with van der Waals surface area (Å²) >= 11 is 0. The van der Waals surface area contributed by atoms with Gasteiger partial charge in [-0.05, 0) is 45.0 Å². The molecule has 1 aliphatic heterocycles. The Morgan fingerprint density at radius 2 is 2.00 bits per heavy atom. The number of nitrogens with one attached hydrogen (secondary N) is 1. The molecule has 1 saturated heterocycles. The van der Waals surface area contributed by atoms with Crippen LogP contribution in [0.3, 0.4) is 0 Å². The molecule has 0 spiro atoms. The molecule has 0 saturated carbocycles. The van der Waals surface area contributed by atoms with Crippen LogP contribution < -0.4 is 11.1 Å². The van der Waals surface area contributed by atoms with Gasteiger partial charge in [0.2, 0.25) is 5.91 Å². The number of piperazine rings is 1. The van der Waals surface area contributed by atoms with E-state index in [2.05, 4.69) is 31.1 Å². The van der Waals surface area contributed by atoms with Crippen molar-refractivity contribution in [2.45, 2.75) is 32.4 Å². The molecule has 2 atom stereocenters. The molecular weight excluding hydrogens is 292 g/mol. The molecule has 1 aromatic carbocycles. The molecule has 1 aliphatic rings. The van der Waals surface area contributed by atoms with Crippen LogP contribution in [0.4, 0.5) is 4.79 Å². The van der Waals surface area contributed by atoms with Gasteiger partial charge < -0.3 is 16.0 Å². The van der Waals surface area contributed by atoms with Gasteiger partial charge in [0.05, 0.1) is 0 Å². The normalized spacial score (nSPS) is 22.0. The fraction of sp³-hybridized carbons (Fsp3) is 0.529. The van der Waals surface area contributed by atoms with Gasteiger partial charge >= 0.3 is 6.03 Å². The molecule has 1 heterocycles. The highest BCUT2D eigenvalue weighted by molar-refractivity contribution is 5.92. The van der Waals surface area contributed by atoms with Gasteiger partial charge in [0, 0.05) is 37.3 Å². The van der Waals surface area contributed by atoms with Crippen LogP contribution in [0.25, 0.3) is 0 Å². The van der Waals surface area contributed by atoms with Crippen LogP contribution in [0, 0.1) is 0 Å². The monoisotopic (exact) mass is 318 g/mol.